The quantitative estimate of drug-likeness (QED) is 0.150. The molecule has 0 saturated carbocycles. The first-order valence-electron chi connectivity index (χ1n) is 33.0. The van der Waals surface area contributed by atoms with Crippen molar-refractivity contribution in [2.45, 2.75) is 108 Å². The molecule has 0 N–H and O–H groups in total. The van der Waals surface area contributed by atoms with Gasteiger partial charge >= 0.3 is 0 Å². The zero-order valence-electron chi connectivity index (χ0n) is 57.5. The Morgan fingerprint density at radius 2 is 0.578 bits per heavy atom. The van der Waals surface area contributed by atoms with Crippen LogP contribution in [0.15, 0.2) is 206 Å². The first-order valence-corrected chi connectivity index (χ1v) is 34.6. The largest absolute Gasteiger partial charge is 0.305 e. The standard InChI is InChI=1S/C26H26N2S.C22H24N2S.2C13H10.5C2H6/c1-27(2)15-17-13-23-25-21-11-7-5-9-19(21)18(16-28(3)4)14-24(25)29-26(23)22-12-8-6-10-20(17)22;1-23(2)13-15-9-10-20-19(11-15)22-18-8-6-5-7-17(18)16(14-24(3)4)12-21(22)25-20;2*1-3-7-12-10(5-1)9-11-6-2-4-8-13(11)12;5*1-2/h5-14H,15-16H2,1-4H3;5-12H,13-14H2,1-4H3;2*1-8H,9H2;5*1-2H3. The minimum atomic E-state index is 0.949. The smallest absolute Gasteiger partial charge is 0.0434 e. The predicted octanol–water partition coefficient (Wildman–Crippen LogP) is 23.5. The molecule has 15 rings (SSSR count). The number of benzene rings is 11. The molecule has 0 atom stereocenters. The zero-order chi connectivity index (χ0) is 65.0. The summed E-state index contributed by atoms with van der Waals surface area (Å²) in [5.74, 6) is 0. The molecule has 2 aliphatic rings. The Kier molecular flexibility index (Phi) is 26.5. The van der Waals surface area contributed by atoms with E-state index in [4.69, 9.17) is 0 Å². The van der Waals surface area contributed by atoms with Gasteiger partial charge in [0.25, 0.3) is 0 Å². The van der Waals surface area contributed by atoms with Crippen LogP contribution in [0.4, 0.5) is 0 Å². The van der Waals surface area contributed by atoms with Crippen molar-refractivity contribution >= 4 is 95.3 Å². The Bertz CT molecular complexity index is 4230. The van der Waals surface area contributed by atoms with Crippen molar-refractivity contribution in [2.24, 2.45) is 0 Å². The third kappa shape index (κ3) is 16.0. The predicted molar refractivity (Wildman–Crippen MR) is 407 cm³/mol. The van der Waals surface area contributed by atoms with Crippen molar-refractivity contribution in [3.63, 3.8) is 0 Å². The van der Waals surface area contributed by atoms with Crippen LogP contribution in [-0.4, -0.2) is 76.0 Å². The fourth-order valence-electron chi connectivity index (χ4n) is 12.4. The third-order valence-electron chi connectivity index (χ3n) is 15.7. The number of thiophene rings is 2. The van der Waals surface area contributed by atoms with E-state index in [0.29, 0.717) is 0 Å². The highest BCUT2D eigenvalue weighted by Gasteiger charge is 2.20. The maximum atomic E-state index is 2.44. The summed E-state index contributed by atoms with van der Waals surface area (Å²) in [5.41, 5.74) is 17.1. The van der Waals surface area contributed by atoms with Crippen LogP contribution in [0.3, 0.4) is 0 Å². The van der Waals surface area contributed by atoms with Crippen LogP contribution < -0.4 is 0 Å². The van der Waals surface area contributed by atoms with E-state index in [9.17, 15) is 0 Å². The molecule has 11 aromatic carbocycles. The molecule has 90 heavy (non-hydrogen) atoms. The van der Waals surface area contributed by atoms with Gasteiger partial charge in [-0.2, -0.15) is 0 Å². The number of rotatable bonds is 8. The maximum absolute atomic E-state index is 2.44. The molecule has 468 valence electrons. The SMILES string of the molecule is CC.CC.CC.CC.CC.CN(C)Cc1cc2c(sc3cc(CN(C)C)c4ccccc4c32)c2ccccc12.CN(C)Cc1ccc2sc3cc(CN(C)C)c4ccccc4c3c2c1.c1ccc2c(c1)Cc1ccccc1-2.c1ccc2c(c1)Cc1ccccc1-2. The van der Waals surface area contributed by atoms with Crippen LogP contribution >= 0.6 is 22.7 Å². The van der Waals surface area contributed by atoms with Gasteiger partial charge in [0.15, 0.2) is 0 Å². The number of fused-ring (bicyclic) bond motifs is 18. The van der Waals surface area contributed by atoms with E-state index >= 15 is 0 Å². The molecule has 2 aromatic heterocycles. The minimum Gasteiger partial charge on any atom is -0.305 e. The average molecular weight is 1230 g/mol. The Morgan fingerprint density at radius 1 is 0.267 bits per heavy atom. The van der Waals surface area contributed by atoms with E-state index in [-0.39, 0.29) is 0 Å². The lowest BCUT2D eigenvalue weighted by Gasteiger charge is -2.14. The monoisotopic (exact) mass is 1230 g/mol. The number of nitrogens with zero attached hydrogens (tertiary/aromatic N) is 4. The van der Waals surface area contributed by atoms with Gasteiger partial charge in [-0.15, -0.1) is 22.7 Å². The summed E-state index contributed by atoms with van der Waals surface area (Å²) in [6.45, 7) is 23.8. The van der Waals surface area contributed by atoms with E-state index in [0.717, 1.165) is 39.0 Å². The molecule has 13 aromatic rings. The van der Waals surface area contributed by atoms with Crippen LogP contribution in [0, 0.1) is 0 Å². The molecule has 2 heterocycles. The second-order valence-corrected chi connectivity index (χ2v) is 25.0. The molecule has 6 heteroatoms. The van der Waals surface area contributed by atoms with Crippen molar-refractivity contribution in [2.75, 3.05) is 56.4 Å². The van der Waals surface area contributed by atoms with E-state index in [1.54, 1.807) is 0 Å². The van der Waals surface area contributed by atoms with Gasteiger partial charge in [-0.1, -0.05) is 245 Å². The van der Waals surface area contributed by atoms with Crippen molar-refractivity contribution in [3.8, 4) is 22.3 Å². The van der Waals surface area contributed by atoms with Gasteiger partial charge in [-0.25, -0.2) is 0 Å². The highest BCUT2D eigenvalue weighted by molar-refractivity contribution is 7.27. The van der Waals surface area contributed by atoms with E-state index < -0.39 is 0 Å². The third-order valence-corrected chi connectivity index (χ3v) is 18.0. The first-order chi connectivity index (χ1) is 43.9. The van der Waals surface area contributed by atoms with Crippen molar-refractivity contribution in [1.29, 1.82) is 0 Å². The van der Waals surface area contributed by atoms with Gasteiger partial charge in [-0.3, -0.25) is 0 Å². The van der Waals surface area contributed by atoms with Crippen LogP contribution in [0.5, 0.6) is 0 Å². The van der Waals surface area contributed by atoms with E-state index in [1.165, 1.54) is 139 Å². The molecule has 0 radical (unpaired) electrons. The lowest BCUT2D eigenvalue weighted by atomic mass is 9.96. The van der Waals surface area contributed by atoms with Gasteiger partial charge in [0, 0.05) is 66.5 Å². The molecule has 0 fully saturated rings. The summed E-state index contributed by atoms with van der Waals surface area (Å²) in [4.78, 5) is 8.99. The van der Waals surface area contributed by atoms with Crippen LogP contribution in [-0.2, 0) is 39.0 Å². The van der Waals surface area contributed by atoms with Crippen molar-refractivity contribution < 1.29 is 0 Å². The van der Waals surface area contributed by atoms with Gasteiger partial charge in [0.05, 0.1) is 0 Å². The lowest BCUT2D eigenvalue weighted by molar-refractivity contribution is 0.403. The molecular formula is C84H100N4S2. The molecule has 0 amide bonds. The fraction of sp³-hybridized carbons (Fsp3) is 0.286. The molecular weight excluding hydrogens is 1130 g/mol. The highest BCUT2D eigenvalue weighted by Crippen LogP contribution is 2.45. The molecule has 0 spiro atoms. The van der Waals surface area contributed by atoms with E-state index in [1.807, 2.05) is 91.9 Å². The Balaban J connectivity index is 0.000000170. The molecule has 0 saturated heterocycles. The average Bonchev–Trinajstić information content (AvgIpc) is 1.58. The van der Waals surface area contributed by atoms with Crippen molar-refractivity contribution in [3.05, 3.63) is 251 Å². The summed E-state index contributed by atoms with van der Waals surface area (Å²) >= 11 is 3.86. The van der Waals surface area contributed by atoms with Gasteiger partial charge in [0.2, 0.25) is 0 Å². The summed E-state index contributed by atoms with van der Waals surface area (Å²) in [6.07, 6.45) is 2.21. The highest BCUT2D eigenvalue weighted by atomic mass is 32.1. The minimum absolute atomic E-state index is 0.949. The van der Waals surface area contributed by atoms with Crippen LogP contribution in [0.1, 0.15) is 114 Å². The number of hydrogen-bond donors (Lipinski definition) is 0. The van der Waals surface area contributed by atoms with Gasteiger partial charge < -0.3 is 19.6 Å². The Hall–Kier alpha value is -7.52. The van der Waals surface area contributed by atoms with Crippen molar-refractivity contribution in [1.82, 2.24) is 19.6 Å². The second-order valence-electron chi connectivity index (χ2n) is 22.8. The summed E-state index contributed by atoms with van der Waals surface area (Å²) in [7, 11) is 17.1. The van der Waals surface area contributed by atoms with Crippen LogP contribution in [0.2, 0.25) is 0 Å². The Labute approximate surface area is 549 Å². The summed E-state index contributed by atoms with van der Waals surface area (Å²) < 4.78 is 5.57. The molecule has 0 bridgehead atoms. The lowest BCUT2D eigenvalue weighted by Crippen LogP contribution is -2.11. The fourth-order valence-corrected chi connectivity index (χ4v) is 14.9. The summed E-state index contributed by atoms with van der Waals surface area (Å²) in [5, 5.41) is 13.9. The number of hydrogen-bond acceptors (Lipinski definition) is 6. The Morgan fingerprint density at radius 3 is 0.967 bits per heavy atom. The van der Waals surface area contributed by atoms with E-state index in [2.05, 4.69) is 282 Å². The second kappa shape index (κ2) is 34.1. The molecule has 0 aliphatic heterocycles. The molecule has 0 unspecified atom stereocenters. The zero-order valence-corrected chi connectivity index (χ0v) is 59.1. The summed E-state index contributed by atoms with van der Waals surface area (Å²) in [6, 6.07) is 75.5. The topological polar surface area (TPSA) is 13.0 Å². The molecule has 2 aliphatic carbocycles. The van der Waals surface area contributed by atoms with Gasteiger partial charge in [-0.05, 0) is 199 Å². The first kappa shape index (κ1) is 69.9. The molecule has 4 nitrogen and oxygen atoms in total. The van der Waals surface area contributed by atoms with Gasteiger partial charge in [0.1, 0.15) is 0 Å². The maximum Gasteiger partial charge on any atom is 0.0434 e. The van der Waals surface area contributed by atoms with Crippen LogP contribution in [0.25, 0.3) is 94.9 Å². The normalized spacial score (nSPS) is 11.3.